The SMILES string of the molecule is C/C=C(/Cc1cccc2ccccc12)C(=O)C(C)C. The van der Waals surface area contributed by atoms with Crippen molar-refractivity contribution in [3.05, 3.63) is 59.7 Å². The summed E-state index contributed by atoms with van der Waals surface area (Å²) in [6.07, 6.45) is 2.67. The van der Waals surface area contributed by atoms with Crippen LogP contribution in [0.15, 0.2) is 54.1 Å². The number of carbonyl (C=O) groups excluding carboxylic acids is 1. The third kappa shape index (κ3) is 2.93. The molecule has 0 aliphatic heterocycles. The lowest BCUT2D eigenvalue weighted by atomic mass is 9.92. The van der Waals surface area contributed by atoms with E-state index in [1.54, 1.807) is 0 Å². The number of ketones is 1. The number of fused-ring (bicyclic) bond motifs is 1. The average molecular weight is 252 g/mol. The van der Waals surface area contributed by atoms with Crippen LogP contribution in [0.1, 0.15) is 26.3 Å². The number of hydrogen-bond acceptors (Lipinski definition) is 1. The predicted octanol–water partition coefficient (Wildman–Crippen LogP) is 4.55. The van der Waals surface area contributed by atoms with Crippen molar-refractivity contribution >= 4 is 16.6 Å². The molecule has 0 N–H and O–H groups in total. The number of hydrogen-bond donors (Lipinski definition) is 0. The molecule has 0 saturated carbocycles. The standard InChI is InChI=1S/C18H20O/c1-4-14(18(19)13(2)3)12-16-10-7-9-15-8-5-6-11-17(15)16/h4-11,13H,12H2,1-3H3/b14-4-. The van der Waals surface area contributed by atoms with Gasteiger partial charge in [-0.3, -0.25) is 4.79 Å². The highest BCUT2D eigenvalue weighted by Crippen LogP contribution is 2.22. The fraction of sp³-hybridized carbons (Fsp3) is 0.278. The van der Waals surface area contributed by atoms with Crippen LogP contribution in [-0.2, 0) is 11.2 Å². The normalized spacial score (nSPS) is 12.1. The van der Waals surface area contributed by atoms with Crippen molar-refractivity contribution in [2.24, 2.45) is 5.92 Å². The molecule has 0 atom stereocenters. The largest absolute Gasteiger partial charge is 0.294 e. The maximum Gasteiger partial charge on any atom is 0.161 e. The number of rotatable bonds is 4. The minimum atomic E-state index is 0.0566. The van der Waals surface area contributed by atoms with Crippen LogP contribution in [0.25, 0.3) is 10.8 Å². The molecule has 2 aromatic rings. The topological polar surface area (TPSA) is 17.1 Å². The highest BCUT2D eigenvalue weighted by molar-refractivity contribution is 5.98. The fourth-order valence-corrected chi connectivity index (χ4v) is 2.35. The summed E-state index contributed by atoms with van der Waals surface area (Å²) in [5.41, 5.74) is 2.13. The van der Waals surface area contributed by atoms with Gasteiger partial charge in [0.15, 0.2) is 5.78 Å². The summed E-state index contributed by atoms with van der Waals surface area (Å²) in [4.78, 5) is 12.1. The van der Waals surface area contributed by atoms with Gasteiger partial charge in [0.05, 0.1) is 0 Å². The van der Waals surface area contributed by atoms with Crippen LogP contribution in [0.3, 0.4) is 0 Å². The van der Waals surface area contributed by atoms with Crippen molar-refractivity contribution in [1.29, 1.82) is 0 Å². The van der Waals surface area contributed by atoms with E-state index in [0.717, 1.165) is 12.0 Å². The maximum absolute atomic E-state index is 12.1. The van der Waals surface area contributed by atoms with Crippen molar-refractivity contribution in [2.75, 3.05) is 0 Å². The molecule has 1 heteroatoms. The Labute approximate surface area is 115 Å². The van der Waals surface area contributed by atoms with Gasteiger partial charge in [0.25, 0.3) is 0 Å². The van der Waals surface area contributed by atoms with Gasteiger partial charge in [-0.15, -0.1) is 0 Å². The fourth-order valence-electron chi connectivity index (χ4n) is 2.35. The lowest BCUT2D eigenvalue weighted by molar-refractivity contribution is -0.118. The average Bonchev–Trinajstić information content (AvgIpc) is 2.44. The first kappa shape index (κ1) is 13.5. The number of benzene rings is 2. The second-order valence-electron chi connectivity index (χ2n) is 5.15. The van der Waals surface area contributed by atoms with Crippen LogP contribution in [0.5, 0.6) is 0 Å². The molecule has 0 heterocycles. The lowest BCUT2D eigenvalue weighted by Gasteiger charge is -2.11. The summed E-state index contributed by atoms with van der Waals surface area (Å²) in [7, 11) is 0. The van der Waals surface area contributed by atoms with Gasteiger partial charge in [0.1, 0.15) is 0 Å². The summed E-state index contributed by atoms with van der Waals surface area (Å²) in [6, 6.07) is 14.6. The van der Waals surface area contributed by atoms with E-state index in [1.165, 1.54) is 16.3 Å². The first-order valence-corrected chi connectivity index (χ1v) is 6.79. The Morgan fingerprint density at radius 3 is 2.47 bits per heavy atom. The van der Waals surface area contributed by atoms with Gasteiger partial charge in [0.2, 0.25) is 0 Å². The smallest absolute Gasteiger partial charge is 0.161 e. The third-order valence-electron chi connectivity index (χ3n) is 3.45. The molecule has 0 saturated heterocycles. The Morgan fingerprint density at radius 1 is 1.11 bits per heavy atom. The highest BCUT2D eigenvalue weighted by atomic mass is 16.1. The van der Waals surface area contributed by atoms with Crippen LogP contribution >= 0.6 is 0 Å². The van der Waals surface area contributed by atoms with Crippen molar-refractivity contribution in [2.45, 2.75) is 27.2 Å². The van der Waals surface area contributed by atoms with Gasteiger partial charge < -0.3 is 0 Å². The molecule has 0 aliphatic rings. The second kappa shape index (κ2) is 5.83. The van der Waals surface area contributed by atoms with Gasteiger partial charge in [-0.2, -0.15) is 0 Å². The van der Waals surface area contributed by atoms with E-state index in [4.69, 9.17) is 0 Å². The Morgan fingerprint density at radius 2 is 1.79 bits per heavy atom. The second-order valence-corrected chi connectivity index (χ2v) is 5.15. The molecule has 19 heavy (non-hydrogen) atoms. The Balaban J connectivity index is 2.38. The van der Waals surface area contributed by atoms with Gasteiger partial charge in [0, 0.05) is 12.3 Å². The van der Waals surface area contributed by atoms with Crippen LogP contribution < -0.4 is 0 Å². The molecule has 0 unspecified atom stereocenters. The molecular formula is C18H20O. The molecule has 0 fully saturated rings. The highest BCUT2D eigenvalue weighted by Gasteiger charge is 2.14. The predicted molar refractivity (Wildman–Crippen MR) is 81.3 cm³/mol. The quantitative estimate of drug-likeness (QED) is 0.729. The van der Waals surface area contributed by atoms with E-state index >= 15 is 0 Å². The molecule has 1 nitrogen and oxygen atoms in total. The zero-order valence-electron chi connectivity index (χ0n) is 11.8. The van der Waals surface area contributed by atoms with Crippen LogP contribution in [0.4, 0.5) is 0 Å². The van der Waals surface area contributed by atoms with E-state index in [1.807, 2.05) is 39.0 Å². The van der Waals surface area contributed by atoms with E-state index in [9.17, 15) is 4.79 Å². The van der Waals surface area contributed by atoms with Crippen molar-refractivity contribution in [3.8, 4) is 0 Å². The van der Waals surface area contributed by atoms with Gasteiger partial charge >= 0.3 is 0 Å². The molecule has 0 amide bonds. The minimum absolute atomic E-state index is 0.0566. The zero-order valence-corrected chi connectivity index (χ0v) is 11.8. The summed E-state index contributed by atoms with van der Waals surface area (Å²) >= 11 is 0. The van der Waals surface area contributed by atoms with E-state index in [0.29, 0.717) is 0 Å². The van der Waals surface area contributed by atoms with Crippen LogP contribution in [-0.4, -0.2) is 5.78 Å². The molecule has 0 radical (unpaired) electrons. The lowest BCUT2D eigenvalue weighted by Crippen LogP contribution is -2.12. The minimum Gasteiger partial charge on any atom is -0.294 e. The molecule has 2 aromatic carbocycles. The molecule has 0 aliphatic carbocycles. The van der Waals surface area contributed by atoms with Gasteiger partial charge in [-0.05, 0) is 28.8 Å². The Kier molecular flexibility index (Phi) is 4.16. The van der Waals surface area contributed by atoms with E-state index in [-0.39, 0.29) is 11.7 Å². The van der Waals surface area contributed by atoms with E-state index < -0.39 is 0 Å². The van der Waals surface area contributed by atoms with Gasteiger partial charge in [-0.25, -0.2) is 0 Å². The first-order chi connectivity index (χ1) is 9.13. The van der Waals surface area contributed by atoms with Crippen molar-refractivity contribution < 1.29 is 4.79 Å². The Bertz CT molecular complexity index is 615. The zero-order chi connectivity index (χ0) is 13.8. The molecule has 0 aromatic heterocycles. The monoisotopic (exact) mass is 252 g/mol. The van der Waals surface area contributed by atoms with Crippen LogP contribution in [0, 0.1) is 5.92 Å². The van der Waals surface area contributed by atoms with Crippen LogP contribution in [0.2, 0.25) is 0 Å². The molecule has 2 rings (SSSR count). The summed E-state index contributed by atoms with van der Waals surface area (Å²) in [6.45, 7) is 5.85. The van der Waals surface area contributed by atoms with Crippen molar-refractivity contribution in [3.63, 3.8) is 0 Å². The molecule has 98 valence electrons. The third-order valence-corrected chi connectivity index (χ3v) is 3.45. The summed E-state index contributed by atoms with van der Waals surface area (Å²) in [5, 5.41) is 2.47. The number of Topliss-reactive ketones (excluding diaryl/α,β-unsaturated/α-hetero) is 1. The van der Waals surface area contributed by atoms with Crippen molar-refractivity contribution in [1.82, 2.24) is 0 Å². The summed E-state index contributed by atoms with van der Waals surface area (Å²) < 4.78 is 0. The van der Waals surface area contributed by atoms with E-state index in [2.05, 4.69) is 30.3 Å². The number of allylic oxidation sites excluding steroid dienone is 2. The van der Waals surface area contributed by atoms with Gasteiger partial charge in [-0.1, -0.05) is 62.4 Å². The molecular weight excluding hydrogens is 232 g/mol. The Hall–Kier alpha value is -1.89. The molecule has 0 bridgehead atoms. The number of carbonyl (C=O) groups is 1. The summed E-state index contributed by atoms with van der Waals surface area (Å²) in [5.74, 6) is 0.302. The first-order valence-electron chi connectivity index (χ1n) is 6.79. The maximum atomic E-state index is 12.1. The molecule has 0 spiro atoms.